The van der Waals surface area contributed by atoms with Crippen molar-refractivity contribution in [3.8, 4) is 0 Å². The van der Waals surface area contributed by atoms with E-state index in [0.29, 0.717) is 36.7 Å². The van der Waals surface area contributed by atoms with E-state index in [4.69, 9.17) is 14.7 Å². The van der Waals surface area contributed by atoms with Crippen LogP contribution in [0, 0.1) is 6.92 Å². The van der Waals surface area contributed by atoms with Crippen LogP contribution >= 0.6 is 0 Å². The van der Waals surface area contributed by atoms with Gasteiger partial charge in [0.1, 0.15) is 12.1 Å². The van der Waals surface area contributed by atoms with E-state index in [2.05, 4.69) is 60.3 Å². The predicted molar refractivity (Wildman–Crippen MR) is 196 cm³/mol. The van der Waals surface area contributed by atoms with E-state index in [1.807, 2.05) is 66.9 Å². The molecular formula is C38H36F3N11O3. The van der Waals surface area contributed by atoms with Gasteiger partial charge in [-0.05, 0) is 47.7 Å². The van der Waals surface area contributed by atoms with Crippen molar-refractivity contribution in [3.05, 3.63) is 120 Å². The van der Waals surface area contributed by atoms with Crippen LogP contribution in [0.25, 0.3) is 22.1 Å². The second-order valence-corrected chi connectivity index (χ2v) is 13.4. The summed E-state index contributed by atoms with van der Waals surface area (Å²) in [4.78, 5) is 30.8. The lowest BCUT2D eigenvalue weighted by Crippen LogP contribution is -2.39. The van der Waals surface area contributed by atoms with Gasteiger partial charge in [0.15, 0.2) is 28.9 Å². The van der Waals surface area contributed by atoms with E-state index >= 15 is 0 Å². The largest absolute Gasteiger partial charge is 0.490 e. The summed E-state index contributed by atoms with van der Waals surface area (Å²) in [7, 11) is 0. The molecule has 8 rings (SSSR count). The van der Waals surface area contributed by atoms with Gasteiger partial charge in [0.25, 0.3) is 0 Å². The highest BCUT2D eigenvalue weighted by Crippen LogP contribution is 2.42. The van der Waals surface area contributed by atoms with Crippen molar-refractivity contribution in [2.75, 3.05) is 23.7 Å². The van der Waals surface area contributed by atoms with Crippen LogP contribution in [-0.2, 0) is 16.0 Å². The van der Waals surface area contributed by atoms with Crippen LogP contribution in [0.2, 0.25) is 0 Å². The van der Waals surface area contributed by atoms with Crippen molar-refractivity contribution in [2.24, 2.45) is 0 Å². The number of ether oxygens (including phenoxy) is 1. The SMILES string of the molecule is Cc1nnn([C@H]2C[C@@H](n3cnc4c(NCC(c5ccccc5)c5ccccc5)nc(NCCc5c[nH]c6ccccc56)nc43)[C@H](OC(=O)C(F)(F)F)[C@@H]2O)n1. The number of tetrazole rings is 1. The summed E-state index contributed by atoms with van der Waals surface area (Å²) in [5.41, 5.74) is 4.84. The number of benzene rings is 3. The Hall–Kier alpha value is -6.36. The standard InChI is InChI=1S/C38H36F3N11O3/c1-22-48-50-52(49-22)29-18-30(33(32(29)53)55-36(54)38(39,40)41)51-21-45-31-34(44-20-27(23-10-4-2-5-11-23)24-12-6-3-7-13-24)46-37(47-35(31)51)42-17-16-25-19-43-28-15-9-8-14-26(25)28/h2-15,19,21,27,29-30,32-33,43,53H,16-18,20H2,1H3,(H2,42,44,46,47)/t29-,30+,32+,33-/m0/s1. The molecule has 55 heavy (non-hydrogen) atoms. The van der Waals surface area contributed by atoms with Gasteiger partial charge in [-0.3, -0.25) is 0 Å². The van der Waals surface area contributed by atoms with Crippen LogP contribution in [0.1, 0.15) is 46.9 Å². The number of aryl methyl sites for hydroxylation is 1. The van der Waals surface area contributed by atoms with Gasteiger partial charge in [0, 0.05) is 36.1 Å². The fourth-order valence-electron chi connectivity index (χ4n) is 7.25. The van der Waals surface area contributed by atoms with Gasteiger partial charge >= 0.3 is 12.1 Å². The van der Waals surface area contributed by atoms with E-state index in [1.54, 1.807) is 6.92 Å². The molecule has 0 saturated heterocycles. The fraction of sp³-hybridized carbons (Fsp3) is 0.289. The highest BCUT2D eigenvalue weighted by Gasteiger charge is 2.52. The summed E-state index contributed by atoms with van der Waals surface area (Å²) in [6.45, 7) is 2.45. The molecule has 1 aliphatic carbocycles. The monoisotopic (exact) mass is 751 g/mol. The van der Waals surface area contributed by atoms with Crippen molar-refractivity contribution >= 4 is 39.8 Å². The van der Waals surface area contributed by atoms with Gasteiger partial charge in [-0.15, -0.1) is 10.2 Å². The fourth-order valence-corrected chi connectivity index (χ4v) is 7.25. The predicted octanol–water partition coefficient (Wildman–Crippen LogP) is 5.52. The summed E-state index contributed by atoms with van der Waals surface area (Å²) < 4.78 is 47.1. The molecule has 3 aromatic carbocycles. The van der Waals surface area contributed by atoms with Gasteiger partial charge in [-0.1, -0.05) is 78.9 Å². The average molecular weight is 752 g/mol. The molecule has 7 aromatic rings. The third kappa shape index (κ3) is 7.29. The second-order valence-electron chi connectivity index (χ2n) is 13.4. The second kappa shape index (κ2) is 14.8. The molecule has 4 N–H and O–H groups in total. The van der Waals surface area contributed by atoms with E-state index in [0.717, 1.165) is 32.4 Å². The van der Waals surface area contributed by atoms with Crippen LogP contribution in [0.15, 0.2) is 97.5 Å². The number of rotatable bonds is 12. The Morgan fingerprint density at radius 3 is 2.38 bits per heavy atom. The van der Waals surface area contributed by atoms with Crippen molar-refractivity contribution in [2.45, 2.75) is 56.2 Å². The number of carbonyl (C=O) groups excluding carboxylic acids is 1. The number of alkyl halides is 3. The molecule has 14 nitrogen and oxygen atoms in total. The summed E-state index contributed by atoms with van der Waals surface area (Å²) in [5, 5.41) is 31.2. The van der Waals surface area contributed by atoms with Gasteiger partial charge in [0.2, 0.25) is 5.95 Å². The van der Waals surface area contributed by atoms with Crippen LogP contribution in [0.4, 0.5) is 24.9 Å². The Bertz CT molecular complexity index is 2380. The number of imidazole rings is 1. The summed E-state index contributed by atoms with van der Waals surface area (Å²) in [6, 6.07) is 26.0. The molecule has 4 aromatic heterocycles. The van der Waals surface area contributed by atoms with Crippen molar-refractivity contribution in [1.29, 1.82) is 0 Å². The zero-order valence-electron chi connectivity index (χ0n) is 29.4. The lowest BCUT2D eigenvalue weighted by atomic mass is 9.91. The highest BCUT2D eigenvalue weighted by molar-refractivity contribution is 5.85. The van der Waals surface area contributed by atoms with Gasteiger partial charge in [-0.25, -0.2) is 9.78 Å². The molecule has 0 amide bonds. The number of nitrogens with one attached hydrogen (secondary N) is 3. The zero-order chi connectivity index (χ0) is 38.1. The van der Waals surface area contributed by atoms with Gasteiger partial charge in [-0.2, -0.15) is 27.9 Å². The normalized spacial score (nSPS) is 18.7. The van der Waals surface area contributed by atoms with Crippen molar-refractivity contribution in [3.63, 3.8) is 0 Å². The first kappa shape index (κ1) is 35.7. The molecule has 0 aliphatic heterocycles. The molecule has 17 heteroatoms. The molecular weight excluding hydrogens is 715 g/mol. The van der Waals surface area contributed by atoms with E-state index in [9.17, 15) is 23.1 Å². The summed E-state index contributed by atoms with van der Waals surface area (Å²) in [6.07, 6.45) is -4.61. The maximum absolute atomic E-state index is 13.5. The number of fused-ring (bicyclic) bond motifs is 2. The number of nitrogens with zero attached hydrogens (tertiary/aromatic N) is 8. The molecule has 0 unspecified atom stereocenters. The smallest absolute Gasteiger partial charge is 0.451 e. The Kier molecular flexibility index (Phi) is 9.60. The number of H-pyrrole nitrogens is 1. The number of aliphatic hydroxyl groups excluding tert-OH is 1. The zero-order valence-corrected chi connectivity index (χ0v) is 29.4. The summed E-state index contributed by atoms with van der Waals surface area (Å²) >= 11 is 0. The number of aliphatic hydroxyl groups is 1. The van der Waals surface area contributed by atoms with Crippen LogP contribution in [0.3, 0.4) is 0 Å². The number of esters is 1. The maximum atomic E-state index is 13.5. The molecule has 0 bridgehead atoms. The number of aromatic amines is 1. The lowest BCUT2D eigenvalue weighted by molar-refractivity contribution is -0.210. The number of aromatic nitrogens is 9. The van der Waals surface area contributed by atoms with Crippen molar-refractivity contribution in [1.82, 2.24) is 44.7 Å². The van der Waals surface area contributed by atoms with Gasteiger partial charge < -0.3 is 30.0 Å². The highest BCUT2D eigenvalue weighted by atomic mass is 19.4. The molecule has 4 heterocycles. The number of hydrogen-bond donors (Lipinski definition) is 4. The minimum atomic E-state index is -5.29. The maximum Gasteiger partial charge on any atom is 0.490 e. The third-order valence-electron chi connectivity index (χ3n) is 9.90. The molecule has 1 saturated carbocycles. The minimum absolute atomic E-state index is 0.0294. The quantitative estimate of drug-likeness (QED) is 0.116. The number of carbonyl (C=O) groups is 1. The first-order valence-corrected chi connectivity index (χ1v) is 17.7. The average Bonchev–Trinajstić information content (AvgIpc) is 3.98. The molecule has 1 aliphatic rings. The lowest BCUT2D eigenvalue weighted by Gasteiger charge is -2.24. The van der Waals surface area contributed by atoms with Crippen LogP contribution in [-0.4, -0.2) is 87.3 Å². The number of anilines is 2. The molecule has 4 atom stereocenters. The Morgan fingerprint density at radius 1 is 0.982 bits per heavy atom. The van der Waals surface area contributed by atoms with E-state index < -0.39 is 36.4 Å². The number of halogens is 3. The van der Waals surface area contributed by atoms with E-state index in [-0.39, 0.29) is 23.9 Å². The van der Waals surface area contributed by atoms with Crippen LogP contribution in [0.5, 0.6) is 0 Å². The third-order valence-corrected chi connectivity index (χ3v) is 9.90. The molecule has 1 fully saturated rings. The Balaban J connectivity index is 1.16. The molecule has 0 radical (unpaired) electrons. The first-order chi connectivity index (χ1) is 26.6. The Morgan fingerprint density at radius 2 is 1.69 bits per heavy atom. The molecule has 282 valence electrons. The number of para-hydroxylation sites is 1. The summed E-state index contributed by atoms with van der Waals surface area (Å²) in [5.74, 6) is -1.60. The van der Waals surface area contributed by atoms with Crippen molar-refractivity contribution < 1.29 is 27.8 Å². The van der Waals surface area contributed by atoms with Gasteiger partial charge in [0.05, 0.1) is 12.4 Å². The van der Waals surface area contributed by atoms with E-state index in [1.165, 1.54) is 10.9 Å². The topological polar surface area (TPSA) is 174 Å². The number of hydrogen-bond acceptors (Lipinski definition) is 11. The first-order valence-electron chi connectivity index (χ1n) is 17.7. The van der Waals surface area contributed by atoms with Crippen LogP contribution < -0.4 is 10.6 Å². The minimum Gasteiger partial charge on any atom is -0.451 e. The molecule has 0 spiro atoms. The Labute approximate surface area is 311 Å².